The van der Waals surface area contributed by atoms with Crippen molar-refractivity contribution < 1.29 is 4.42 Å². The van der Waals surface area contributed by atoms with E-state index in [2.05, 4.69) is 46.1 Å². The monoisotopic (exact) mass is 308 g/mol. The summed E-state index contributed by atoms with van der Waals surface area (Å²) in [5.74, 6) is 1.55. The van der Waals surface area contributed by atoms with Crippen molar-refractivity contribution in [2.45, 2.75) is 26.8 Å². The van der Waals surface area contributed by atoms with Gasteiger partial charge < -0.3 is 9.73 Å². The zero-order chi connectivity index (χ0) is 13.0. The van der Waals surface area contributed by atoms with Crippen molar-refractivity contribution in [1.82, 2.24) is 10.3 Å². The molecule has 2 rings (SSSR count). The average molecular weight is 309 g/mol. The van der Waals surface area contributed by atoms with E-state index in [9.17, 15) is 0 Å². The first-order chi connectivity index (χ1) is 8.70. The van der Waals surface area contributed by atoms with Crippen LogP contribution < -0.4 is 5.32 Å². The predicted molar refractivity (Wildman–Crippen MR) is 76.4 cm³/mol. The predicted octanol–water partition coefficient (Wildman–Crippen LogP) is 3.91. The van der Waals surface area contributed by atoms with E-state index in [1.54, 1.807) is 6.20 Å². The summed E-state index contributed by atoms with van der Waals surface area (Å²) in [4.78, 5) is 4.28. The highest BCUT2D eigenvalue weighted by atomic mass is 79.9. The molecule has 0 aliphatic heterocycles. The van der Waals surface area contributed by atoms with Crippen LogP contribution in [0, 0.1) is 6.92 Å². The molecule has 0 saturated carbocycles. The average Bonchev–Trinajstić information content (AvgIpc) is 2.82. The van der Waals surface area contributed by atoms with Crippen LogP contribution in [0.3, 0.4) is 0 Å². The molecule has 0 unspecified atom stereocenters. The zero-order valence-electron chi connectivity index (χ0n) is 10.7. The van der Waals surface area contributed by atoms with Gasteiger partial charge >= 0.3 is 0 Å². The molecule has 1 aromatic carbocycles. The number of nitrogens with zero attached hydrogens (tertiary/aromatic N) is 1. The maximum Gasteiger partial charge on any atom is 0.208 e. The second-order valence-electron chi connectivity index (χ2n) is 4.26. The molecule has 4 heteroatoms. The van der Waals surface area contributed by atoms with E-state index < -0.39 is 0 Å². The highest BCUT2D eigenvalue weighted by molar-refractivity contribution is 9.10. The van der Waals surface area contributed by atoms with Gasteiger partial charge in [0.15, 0.2) is 5.76 Å². The molecule has 18 heavy (non-hydrogen) atoms. The third-order valence-electron chi connectivity index (χ3n) is 2.70. The normalized spacial score (nSPS) is 10.8. The number of hydrogen-bond acceptors (Lipinski definition) is 3. The van der Waals surface area contributed by atoms with Gasteiger partial charge in [-0.1, -0.05) is 28.9 Å². The molecule has 96 valence electrons. The Morgan fingerprint density at radius 2 is 2.22 bits per heavy atom. The fraction of sp³-hybridized carbons (Fsp3) is 0.357. The topological polar surface area (TPSA) is 38.1 Å². The van der Waals surface area contributed by atoms with Gasteiger partial charge in [-0.3, -0.25) is 0 Å². The number of hydrogen-bond donors (Lipinski definition) is 1. The molecule has 0 fully saturated rings. The van der Waals surface area contributed by atoms with E-state index in [1.807, 2.05) is 12.1 Å². The lowest BCUT2D eigenvalue weighted by atomic mass is 10.1. The molecule has 0 aliphatic carbocycles. The number of rotatable bonds is 5. The lowest BCUT2D eigenvalue weighted by Gasteiger charge is -2.01. The van der Waals surface area contributed by atoms with E-state index in [1.165, 1.54) is 5.56 Å². The number of nitrogens with one attached hydrogen (secondary N) is 1. The quantitative estimate of drug-likeness (QED) is 0.851. The number of aromatic nitrogens is 1. The summed E-state index contributed by atoms with van der Waals surface area (Å²) in [7, 11) is 0. The Kier molecular flexibility index (Phi) is 4.55. The van der Waals surface area contributed by atoms with Crippen LogP contribution in [0.1, 0.15) is 24.8 Å². The smallest absolute Gasteiger partial charge is 0.208 e. The summed E-state index contributed by atoms with van der Waals surface area (Å²) in [6.45, 7) is 5.87. The summed E-state index contributed by atoms with van der Waals surface area (Å²) >= 11 is 3.49. The molecule has 1 N–H and O–H groups in total. The van der Waals surface area contributed by atoms with Crippen molar-refractivity contribution in [3.8, 4) is 11.3 Å². The molecule has 0 bridgehead atoms. The molecule has 0 atom stereocenters. The largest absolute Gasteiger partial charge is 0.439 e. The summed E-state index contributed by atoms with van der Waals surface area (Å²) in [5, 5.41) is 3.27. The van der Waals surface area contributed by atoms with E-state index >= 15 is 0 Å². The molecule has 0 saturated heterocycles. The number of benzene rings is 1. The van der Waals surface area contributed by atoms with Crippen molar-refractivity contribution in [1.29, 1.82) is 0 Å². The van der Waals surface area contributed by atoms with Crippen molar-refractivity contribution in [3.63, 3.8) is 0 Å². The van der Waals surface area contributed by atoms with Crippen molar-refractivity contribution >= 4 is 15.9 Å². The molecule has 0 radical (unpaired) electrons. The van der Waals surface area contributed by atoms with Gasteiger partial charge in [-0.2, -0.15) is 0 Å². The van der Waals surface area contributed by atoms with Crippen molar-refractivity contribution in [2.75, 3.05) is 6.54 Å². The van der Waals surface area contributed by atoms with Crippen LogP contribution in [-0.2, 0) is 6.54 Å². The second-order valence-corrected chi connectivity index (χ2v) is 5.11. The van der Waals surface area contributed by atoms with Gasteiger partial charge in [0.25, 0.3) is 0 Å². The fourth-order valence-electron chi connectivity index (χ4n) is 1.70. The maximum atomic E-state index is 5.72. The zero-order valence-corrected chi connectivity index (χ0v) is 12.3. The van der Waals surface area contributed by atoms with Crippen LogP contribution in [0.4, 0.5) is 0 Å². The van der Waals surface area contributed by atoms with Gasteiger partial charge in [-0.25, -0.2) is 4.98 Å². The molecular weight excluding hydrogens is 292 g/mol. The molecule has 3 nitrogen and oxygen atoms in total. The standard InChI is InChI=1S/C14H17BrN2O/c1-3-6-16-9-14-17-8-13(18-14)11-4-5-12(15)10(2)7-11/h4-5,7-8,16H,3,6,9H2,1-2H3. The fourth-order valence-corrected chi connectivity index (χ4v) is 1.94. The highest BCUT2D eigenvalue weighted by Crippen LogP contribution is 2.25. The first-order valence-electron chi connectivity index (χ1n) is 6.12. The van der Waals surface area contributed by atoms with Gasteiger partial charge in [0.2, 0.25) is 5.89 Å². The van der Waals surface area contributed by atoms with Crippen LogP contribution >= 0.6 is 15.9 Å². The second kappa shape index (κ2) is 6.16. The van der Waals surface area contributed by atoms with Gasteiger partial charge in [0.1, 0.15) is 0 Å². The summed E-state index contributed by atoms with van der Waals surface area (Å²) < 4.78 is 6.83. The van der Waals surface area contributed by atoms with E-state index in [0.29, 0.717) is 6.54 Å². The Morgan fingerprint density at radius 1 is 1.39 bits per heavy atom. The Bertz CT molecular complexity index is 522. The molecule has 0 aliphatic rings. The van der Waals surface area contributed by atoms with Crippen LogP contribution in [0.2, 0.25) is 0 Å². The van der Waals surface area contributed by atoms with Crippen LogP contribution in [0.25, 0.3) is 11.3 Å². The van der Waals surface area contributed by atoms with E-state index in [4.69, 9.17) is 4.42 Å². The molecule has 1 aromatic heterocycles. The minimum Gasteiger partial charge on any atom is -0.439 e. The Balaban J connectivity index is 2.11. The van der Waals surface area contributed by atoms with Gasteiger partial charge in [-0.05, 0) is 37.6 Å². The minimum atomic E-state index is 0.684. The van der Waals surface area contributed by atoms with Gasteiger partial charge in [-0.15, -0.1) is 0 Å². The summed E-state index contributed by atoms with van der Waals surface area (Å²) in [5.41, 5.74) is 2.25. The number of oxazole rings is 1. The van der Waals surface area contributed by atoms with E-state index in [0.717, 1.165) is 34.7 Å². The molecule has 0 amide bonds. The van der Waals surface area contributed by atoms with Crippen molar-refractivity contribution in [2.24, 2.45) is 0 Å². The third-order valence-corrected chi connectivity index (χ3v) is 3.59. The molecule has 2 aromatic rings. The molecule has 0 spiro atoms. The molecular formula is C14H17BrN2O. The van der Waals surface area contributed by atoms with Crippen LogP contribution in [0.5, 0.6) is 0 Å². The van der Waals surface area contributed by atoms with Gasteiger partial charge in [0, 0.05) is 10.0 Å². The van der Waals surface area contributed by atoms with Gasteiger partial charge in [0.05, 0.1) is 12.7 Å². The first kappa shape index (κ1) is 13.3. The van der Waals surface area contributed by atoms with Crippen molar-refractivity contribution in [3.05, 3.63) is 40.3 Å². The molecule has 1 heterocycles. The van der Waals surface area contributed by atoms with Crippen LogP contribution in [0.15, 0.2) is 33.3 Å². The third kappa shape index (κ3) is 3.21. The Hall–Kier alpha value is -1.13. The highest BCUT2D eigenvalue weighted by Gasteiger charge is 2.07. The summed E-state index contributed by atoms with van der Waals surface area (Å²) in [6, 6.07) is 6.15. The first-order valence-corrected chi connectivity index (χ1v) is 6.92. The SMILES string of the molecule is CCCNCc1ncc(-c2ccc(Br)c(C)c2)o1. The maximum absolute atomic E-state index is 5.72. The summed E-state index contributed by atoms with van der Waals surface area (Å²) in [6.07, 6.45) is 2.89. The number of aryl methyl sites for hydroxylation is 1. The lowest BCUT2D eigenvalue weighted by molar-refractivity contribution is 0.478. The Morgan fingerprint density at radius 3 is 2.94 bits per heavy atom. The van der Waals surface area contributed by atoms with Crippen LogP contribution in [-0.4, -0.2) is 11.5 Å². The minimum absolute atomic E-state index is 0.684. The number of halogens is 1. The lowest BCUT2D eigenvalue weighted by Crippen LogP contribution is -2.13. The van der Waals surface area contributed by atoms with E-state index in [-0.39, 0.29) is 0 Å². The Labute approximate surface area is 116 Å².